The highest BCUT2D eigenvalue weighted by Crippen LogP contribution is 2.31. The Bertz CT molecular complexity index is 411. The van der Waals surface area contributed by atoms with Crippen LogP contribution in [0, 0.1) is 18.7 Å². The normalized spacial score (nSPS) is 18.8. The van der Waals surface area contributed by atoms with Crippen molar-refractivity contribution in [2.24, 2.45) is 5.92 Å². The molecule has 1 aromatic carbocycles. The Kier molecular flexibility index (Phi) is 4.94. The van der Waals surface area contributed by atoms with Crippen LogP contribution in [0.2, 0.25) is 0 Å². The molecule has 0 bridgehead atoms. The topological polar surface area (TPSA) is 15.3 Å². The second-order valence-corrected chi connectivity index (χ2v) is 5.89. The summed E-state index contributed by atoms with van der Waals surface area (Å²) >= 11 is 0. The number of hydrogen-bond acceptors (Lipinski definition) is 2. The van der Waals surface area contributed by atoms with Crippen LogP contribution in [0.3, 0.4) is 0 Å². The van der Waals surface area contributed by atoms with E-state index in [2.05, 4.69) is 30.1 Å². The molecule has 1 atom stereocenters. The smallest absolute Gasteiger partial charge is 0.126 e. The number of halogens is 1. The fourth-order valence-electron chi connectivity index (χ4n) is 2.90. The first-order valence-corrected chi connectivity index (χ1v) is 7.29. The van der Waals surface area contributed by atoms with Gasteiger partial charge in [-0.05, 0) is 36.5 Å². The molecule has 0 amide bonds. The summed E-state index contributed by atoms with van der Waals surface area (Å²) in [6.45, 7) is 10.5. The molecule has 0 aromatic heterocycles. The number of hydrogen-bond donors (Lipinski definition) is 1. The largest absolute Gasteiger partial charge is 0.314 e. The van der Waals surface area contributed by atoms with Crippen LogP contribution in [0.1, 0.15) is 37.4 Å². The van der Waals surface area contributed by atoms with E-state index in [4.69, 9.17) is 0 Å². The third kappa shape index (κ3) is 3.54. The highest BCUT2D eigenvalue weighted by molar-refractivity contribution is 5.30. The van der Waals surface area contributed by atoms with Crippen molar-refractivity contribution in [3.63, 3.8) is 0 Å². The predicted molar refractivity (Wildman–Crippen MR) is 77.8 cm³/mol. The maximum atomic E-state index is 13.8. The summed E-state index contributed by atoms with van der Waals surface area (Å²) in [5, 5.41) is 3.38. The molecule has 1 aliphatic heterocycles. The van der Waals surface area contributed by atoms with Gasteiger partial charge in [0.05, 0.1) is 0 Å². The van der Waals surface area contributed by atoms with Crippen molar-refractivity contribution in [2.75, 3.05) is 26.2 Å². The van der Waals surface area contributed by atoms with Crippen LogP contribution in [0.25, 0.3) is 0 Å². The lowest BCUT2D eigenvalue weighted by atomic mass is 9.92. The molecule has 0 saturated carbocycles. The van der Waals surface area contributed by atoms with Gasteiger partial charge in [-0.15, -0.1) is 0 Å². The van der Waals surface area contributed by atoms with Gasteiger partial charge in [0.15, 0.2) is 0 Å². The van der Waals surface area contributed by atoms with Crippen LogP contribution in [-0.2, 0) is 0 Å². The van der Waals surface area contributed by atoms with Crippen molar-refractivity contribution < 1.29 is 4.39 Å². The van der Waals surface area contributed by atoms with Crippen molar-refractivity contribution in [2.45, 2.75) is 33.2 Å². The van der Waals surface area contributed by atoms with Gasteiger partial charge in [0.1, 0.15) is 5.82 Å². The molecule has 0 radical (unpaired) electrons. The Morgan fingerprint density at radius 1 is 1.26 bits per heavy atom. The first-order valence-electron chi connectivity index (χ1n) is 7.29. The van der Waals surface area contributed by atoms with E-state index in [1.807, 2.05) is 13.0 Å². The van der Waals surface area contributed by atoms with E-state index in [0.717, 1.165) is 43.7 Å². The molecule has 1 aliphatic rings. The average Bonchev–Trinajstić information content (AvgIpc) is 2.40. The molecular formula is C16H25FN2. The summed E-state index contributed by atoms with van der Waals surface area (Å²) in [4.78, 5) is 2.50. The van der Waals surface area contributed by atoms with Gasteiger partial charge in [-0.25, -0.2) is 4.39 Å². The van der Waals surface area contributed by atoms with E-state index in [-0.39, 0.29) is 5.82 Å². The summed E-state index contributed by atoms with van der Waals surface area (Å²) < 4.78 is 13.8. The third-order valence-corrected chi connectivity index (χ3v) is 3.96. The molecule has 2 rings (SSSR count). The van der Waals surface area contributed by atoms with Crippen molar-refractivity contribution in [1.29, 1.82) is 0 Å². The molecule has 1 heterocycles. The van der Waals surface area contributed by atoms with Crippen LogP contribution in [0.5, 0.6) is 0 Å². The standard InChI is InChI=1S/C16H25FN2/c1-12(2)11-16(19-9-7-18-8-10-19)14-5-4-6-15(17)13(14)3/h4-6,12,16,18H,7-11H2,1-3H3/t16-/m0/s1. The molecule has 19 heavy (non-hydrogen) atoms. The number of piperazine rings is 1. The quantitative estimate of drug-likeness (QED) is 0.899. The van der Waals surface area contributed by atoms with Crippen molar-refractivity contribution in [3.8, 4) is 0 Å². The number of nitrogens with one attached hydrogen (secondary N) is 1. The molecule has 0 aliphatic carbocycles. The minimum absolute atomic E-state index is 0.0820. The maximum absolute atomic E-state index is 13.8. The van der Waals surface area contributed by atoms with Gasteiger partial charge in [-0.3, -0.25) is 4.90 Å². The molecule has 1 fully saturated rings. The molecule has 1 saturated heterocycles. The van der Waals surface area contributed by atoms with Crippen molar-refractivity contribution >= 4 is 0 Å². The number of benzene rings is 1. The zero-order chi connectivity index (χ0) is 13.8. The van der Waals surface area contributed by atoms with E-state index in [0.29, 0.717) is 12.0 Å². The van der Waals surface area contributed by atoms with Crippen molar-refractivity contribution in [1.82, 2.24) is 10.2 Å². The van der Waals surface area contributed by atoms with Gasteiger partial charge in [-0.1, -0.05) is 26.0 Å². The Hall–Kier alpha value is -0.930. The van der Waals surface area contributed by atoms with Crippen LogP contribution >= 0.6 is 0 Å². The third-order valence-electron chi connectivity index (χ3n) is 3.96. The van der Waals surface area contributed by atoms with Crippen LogP contribution in [0.4, 0.5) is 4.39 Å². The van der Waals surface area contributed by atoms with Crippen molar-refractivity contribution in [3.05, 3.63) is 35.1 Å². The predicted octanol–water partition coefficient (Wildman–Crippen LogP) is 3.13. The van der Waals surface area contributed by atoms with Gasteiger partial charge in [0, 0.05) is 32.2 Å². The Morgan fingerprint density at radius 2 is 1.95 bits per heavy atom. The summed E-state index contributed by atoms with van der Waals surface area (Å²) in [5.41, 5.74) is 1.97. The minimum atomic E-state index is -0.0820. The molecular weight excluding hydrogens is 239 g/mol. The van der Waals surface area contributed by atoms with E-state index in [1.54, 1.807) is 6.07 Å². The lowest BCUT2D eigenvalue weighted by molar-refractivity contribution is 0.153. The second-order valence-electron chi connectivity index (χ2n) is 5.89. The zero-order valence-corrected chi connectivity index (χ0v) is 12.2. The Balaban J connectivity index is 2.27. The van der Waals surface area contributed by atoms with Gasteiger partial charge in [-0.2, -0.15) is 0 Å². The van der Waals surface area contributed by atoms with Crippen LogP contribution < -0.4 is 5.32 Å². The van der Waals surface area contributed by atoms with E-state index >= 15 is 0 Å². The zero-order valence-electron chi connectivity index (χ0n) is 12.2. The number of nitrogens with zero attached hydrogens (tertiary/aromatic N) is 1. The fraction of sp³-hybridized carbons (Fsp3) is 0.625. The first-order chi connectivity index (χ1) is 9.09. The summed E-state index contributed by atoms with van der Waals surface area (Å²) in [6, 6.07) is 5.83. The summed E-state index contributed by atoms with van der Waals surface area (Å²) in [5.74, 6) is 0.531. The first kappa shape index (κ1) is 14.5. The minimum Gasteiger partial charge on any atom is -0.314 e. The summed E-state index contributed by atoms with van der Waals surface area (Å²) in [7, 11) is 0. The fourth-order valence-corrected chi connectivity index (χ4v) is 2.90. The second kappa shape index (κ2) is 6.49. The van der Waals surface area contributed by atoms with E-state index in [1.165, 1.54) is 0 Å². The molecule has 3 heteroatoms. The monoisotopic (exact) mass is 264 g/mol. The van der Waals surface area contributed by atoms with Gasteiger partial charge in [0.25, 0.3) is 0 Å². The molecule has 1 N–H and O–H groups in total. The van der Waals surface area contributed by atoms with Gasteiger partial charge >= 0.3 is 0 Å². The SMILES string of the molecule is Cc1c(F)cccc1[C@H](CC(C)C)N1CCNCC1. The Morgan fingerprint density at radius 3 is 2.58 bits per heavy atom. The highest BCUT2D eigenvalue weighted by atomic mass is 19.1. The average molecular weight is 264 g/mol. The lowest BCUT2D eigenvalue weighted by Crippen LogP contribution is -2.45. The molecule has 106 valence electrons. The summed E-state index contributed by atoms with van der Waals surface area (Å²) in [6.07, 6.45) is 1.09. The molecule has 0 spiro atoms. The van der Waals surface area contributed by atoms with Crippen LogP contribution in [0.15, 0.2) is 18.2 Å². The Labute approximate surface area is 116 Å². The van der Waals surface area contributed by atoms with E-state index < -0.39 is 0 Å². The molecule has 1 aromatic rings. The molecule has 2 nitrogen and oxygen atoms in total. The maximum Gasteiger partial charge on any atom is 0.126 e. The van der Waals surface area contributed by atoms with E-state index in [9.17, 15) is 4.39 Å². The lowest BCUT2D eigenvalue weighted by Gasteiger charge is -2.37. The van der Waals surface area contributed by atoms with Crippen LogP contribution in [-0.4, -0.2) is 31.1 Å². The number of rotatable bonds is 4. The van der Waals surface area contributed by atoms with Gasteiger partial charge in [0.2, 0.25) is 0 Å². The molecule has 0 unspecified atom stereocenters. The van der Waals surface area contributed by atoms with Gasteiger partial charge < -0.3 is 5.32 Å². The highest BCUT2D eigenvalue weighted by Gasteiger charge is 2.24.